The van der Waals surface area contributed by atoms with Crippen LogP contribution < -0.4 is 5.73 Å². The van der Waals surface area contributed by atoms with Gasteiger partial charge in [-0.25, -0.2) is 9.37 Å². The third-order valence-electron chi connectivity index (χ3n) is 3.94. The number of rotatable bonds is 4. The van der Waals surface area contributed by atoms with Gasteiger partial charge in [-0.05, 0) is 36.6 Å². The van der Waals surface area contributed by atoms with Crippen LogP contribution in [0.15, 0.2) is 30.5 Å². The van der Waals surface area contributed by atoms with Crippen molar-refractivity contribution < 1.29 is 9.18 Å². The highest BCUT2D eigenvalue weighted by atomic mass is 32.1. The van der Waals surface area contributed by atoms with Crippen molar-refractivity contribution in [1.29, 1.82) is 0 Å². The van der Waals surface area contributed by atoms with Crippen LogP contribution in [-0.4, -0.2) is 35.4 Å². The van der Waals surface area contributed by atoms with E-state index in [-0.39, 0.29) is 11.7 Å². The van der Waals surface area contributed by atoms with Gasteiger partial charge in [0.2, 0.25) is 0 Å². The number of carbonyl (C=O) groups excluding carboxylic acids is 1. The molecule has 1 aromatic carbocycles. The van der Waals surface area contributed by atoms with Gasteiger partial charge in [0, 0.05) is 19.5 Å². The predicted molar refractivity (Wildman–Crippen MR) is 84.4 cm³/mol. The van der Waals surface area contributed by atoms with Crippen LogP contribution >= 0.6 is 11.3 Å². The lowest BCUT2D eigenvalue weighted by Gasteiger charge is -2.14. The Hall–Kier alpha value is -1.79. The van der Waals surface area contributed by atoms with E-state index in [2.05, 4.69) is 4.98 Å². The maximum absolute atomic E-state index is 12.9. The number of nitrogens with zero attached hydrogens (tertiary/aromatic N) is 2. The second-order valence-electron chi connectivity index (χ2n) is 5.56. The highest BCUT2D eigenvalue weighted by Gasteiger charge is 2.27. The normalized spacial score (nSPS) is 17.9. The minimum atomic E-state index is -0.248. The topological polar surface area (TPSA) is 59.2 Å². The molecule has 4 nitrogen and oxygen atoms in total. The first kappa shape index (κ1) is 15.1. The summed E-state index contributed by atoms with van der Waals surface area (Å²) in [6.07, 6.45) is 3.23. The largest absolute Gasteiger partial charge is 0.338 e. The number of benzene rings is 1. The summed E-state index contributed by atoms with van der Waals surface area (Å²) in [5, 5.41) is 0.865. The number of carbonyl (C=O) groups is 1. The number of hydrogen-bond acceptors (Lipinski definition) is 4. The van der Waals surface area contributed by atoms with E-state index in [0.717, 1.165) is 30.1 Å². The molecular weight excluding hydrogens is 301 g/mol. The Balaban J connectivity index is 1.66. The number of hydrogen-bond donors (Lipinski definition) is 1. The molecule has 1 amide bonds. The monoisotopic (exact) mass is 319 g/mol. The molecule has 1 aliphatic rings. The summed E-state index contributed by atoms with van der Waals surface area (Å²) in [6.45, 7) is 2.13. The molecule has 2 heterocycles. The van der Waals surface area contributed by atoms with Crippen LogP contribution in [0.4, 0.5) is 4.39 Å². The molecule has 1 aromatic heterocycles. The van der Waals surface area contributed by atoms with E-state index in [1.54, 1.807) is 18.3 Å². The molecule has 0 saturated carbocycles. The van der Waals surface area contributed by atoms with Crippen molar-refractivity contribution in [3.63, 3.8) is 0 Å². The van der Waals surface area contributed by atoms with E-state index < -0.39 is 0 Å². The summed E-state index contributed by atoms with van der Waals surface area (Å²) >= 11 is 1.41. The first-order valence-corrected chi connectivity index (χ1v) is 8.16. The number of nitrogens with two attached hydrogens (primary N) is 1. The van der Waals surface area contributed by atoms with Gasteiger partial charge in [-0.2, -0.15) is 0 Å². The second kappa shape index (κ2) is 6.54. The Morgan fingerprint density at radius 1 is 1.41 bits per heavy atom. The fraction of sp³-hybridized carbons (Fsp3) is 0.375. The van der Waals surface area contributed by atoms with Crippen molar-refractivity contribution in [2.75, 3.05) is 19.6 Å². The van der Waals surface area contributed by atoms with Gasteiger partial charge in [-0.1, -0.05) is 12.1 Å². The molecule has 1 fully saturated rings. The Morgan fingerprint density at radius 2 is 2.18 bits per heavy atom. The first-order chi connectivity index (χ1) is 10.7. The summed E-state index contributed by atoms with van der Waals surface area (Å²) in [5.41, 5.74) is 6.65. The maximum Gasteiger partial charge on any atom is 0.265 e. The average molecular weight is 319 g/mol. The van der Waals surface area contributed by atoms with Crippen LogP contribution in [0, 0.1) is 11.7 Å². The molecule has 0 aliphatic carbocycles. The SMILES string of the molecule is NC[C@@H]1CCN(C(=O)c2cnc(Cc3ccc(F)cc3)s2)C1. The molecule has 2 N–H and O–H groups in total. The van der Waals surface area contributed by atoms with Crippen molar-refractivity contribution >= 4 is 17.2 Å². The molecule has 116 valence electrons. The summed E-state index contributed by atoms with van der Waals surface area (Å²) in [6, 6.07) is 6.35. The van der Waals surface area contributed by atoms with E-state index in [1.165, 1.54) is 23.5 Å². The van der Waals surface area contributed by atoms with Gasteiger partial charge in [0.1, 0.15) is 10.7 Å². The van der Waals surface area contributed by atoms with Crippen molar-refractivity contribution in [2.45, 2.75) is 12.8 Å². The zero-order valence-corrected chi connectivity index (χ0v) is 13.0. The van der Waals surface area contributed by atoms with E-state index in [4.69, 9.17) is 5.73 Å². The number of amides is 1. The molecule has 0 spiro atoms. The van der Waals surface area contributed by atoms with Crippen molar-refractivity contribution in [1.82, 2.24) is 9.88 Å². The van der Waals surface area contributed by atoms with Crippen LogP contribution in [0.25, 0.3) is 0 Å². The van der Waals surface area contributed by atoms with E-state index >= 15 is 0 Å². The number of thiazole rings is 1. The van der Waals surface area contributed by atoms with E-state index in [9.17, 15) is 9.18 Å². The van der Waals surface area contributed by atoms with Crippen LogP contribution in [0.5, 0.6) is 0 Å². The Morgan fingerprint density at radius 3 is 2.86 bits per heavy atom. The standard InChI is InChI=1S/C16H18FN3OS/c17-13-3-1-11(2-4-13)7-15-19-9-14(22-15)16(21)20-6-5-12(8-18)10-20/h1-4,9,12H,5-8,10,18H2/t12-/m0/s1. The Bertz CT molecular complexity index is 656. The van der Waals surface area contributed by atoms with Crippen LogP contribution in [0.3, 0.4) is 0 Å². The van der Waals surface area contributed by atoms with Gasteiger partial charge in [-0.15, -0.1) is 11.3 Å². The zero-order chi connectivity index (χ0) is 15.5. The van der Waals surface area contributed by atoms with E-state index in [1.807, 2.05) is 4.90 Å². The molecule has 0 bridgehead atoms. The van der Waals surface area contributed by atoms with Crippen LogP contribution in [0.1, 0.15) is 26.7 Å². The van der Waals surface area contributed by atoms with Crippen molar-refractivity contribution in [2.24, 2.45) is 11.7 Å². The van der Waals surface area contributed by atoms with Crippen molar-refractivity contribution in [3.05, 3.63) is 51.7 Å². The molecule has 1 saturated heterocycles. The molecule has 0 radical (unpaired) electrons. The quantitative estimate of drug-likeness (QED) is 0.940. The lowest BCUT2D eigenvalue weighted by atomic mass is 10.1. The molecule has 2 aromatic rings. The second-order valence-corrected chi connectivity index (χ2v) is 6.68. The Labute approximate surface area is 132 Å². The van der Waals surface area contributed by atoms with E-state index in [0.29, 0.717) is 23.8 Å². The van der Waals surface area contributed by atoms with Crippen LogP contribution in [-0.2, 0) is 6.42 Å². The number of likely N-dealkylation sites (tertiary alicyclic amines) is 1. The van der Waals surface area contributed by atoms with Gasteiger partial charge < -0.3 is 10.6 Å². The van der Waals surface area contributed by atoms with Gasteiger partial charge >= 0.3 is 0 Å². The fourth-order valence-electron chi connectivity index (χ4n) is 2.63. The summed E-state index contributed by atoms with van der Waals surface area (Å²) in [5.74, 6) is 0.205. The van der Waals surface area contributed by atoms with Crippen LogP contribution in [0.2, 0.25) is 0 Å². The van der Waals surface area contributed by atoms with Gasteiger partial charge in [0.25, 0.3) is 5.91 Å². The fourth-order valence-corrected chi connectivity index (χ4v) is 3.55. The average Bonchev–Trinajstić information content (AvgIpc) is 3.18. The molecule has 1 atom stereocenters. The first-order valence-electron chi connectivity index (χ1n) is 7.34. The zero-order valence-electron chi connectivity index (χ0n) is 12.2. The molecule has 0 unspecified atom stereocenters. The lowest BCUT2D eigenvalue weighted by molar-refractivity contribution is 0.0792. The summed E-state index contributed by atoms with van der Waals surface area (Å²) < 4.78 is 12.9. The van der Waals surface area contributed by atoms with Gasteiger partial charge in [-0.3, -0.25) is 4.79 Å². The third-order valence-corrected chi connectivity index (χ3v) is 4.92. The summed E-state index contributed by atoms with van der Waals surface area (Å²) in [7, 11) is 0. The predicted octanol–water partition coefficient (Wildman–Crippen LogP) is 2.29. The summed E-state index contributed by atoms with van der Waals surface area (Å²) in [4.78, 5) is 19.3. The Kier molecular flexibility index (Phi) is 4.49. The highest BCUT2D eigenvalue weighted by Crippen LogP contribution is 2.22. The molecule has 1 aliphatic heterocycles. The molecular formula is C16H18FN3OS. The van der Waals surface area contributed by atoms with Gasteiger partial charge in [0.05, 0.1) is 11.2 Å². The van der Waals surface area contributed by atoms with Gasteiger partial charge in [0.15, 0.2) is 0 Å². The third kappa shape index (κ3) is 3.34. The molecule has 3 rings (SSSR count). The number of halogens is 1. The lowest BCUT2D eigenvalue weighted by Crippen LogP contribution is -2.29. The highest BCUT2D eigenvalue weighted by molar-refractivity contribution is 7.13. The molecule has 22 heavy (non-hydrogen) atoms. The maximum atomic E-state index is 12.9. The smallest absolute Gasteiger partial charge is 0.265 e. The minimum absolute atomic E-state index is 0.0406. The minimum Gasteiger partial charge on any atom is -0.338 e. The van der Waals surface area contributed by atoms with Crippen molar-refractivity contribution in [3.8, 4) is 0 Å². The number of aromatic nitrogens is 1. The molecule has 6 heteroatoms.